The molecule has 80 valence electrons. The van der Waals surface area contributed by atoms with Gasteiger partial charge in [-0.15, -0.1) is 0 Å². The first-order chi connectivity index (χ1) is 6.52. The second-order valence-corrected chi connectivity index (χ2v) is 3.74. The molecule has 1 amide bonds. The second-order valence-electron chi connectivity index (χ2n) is 3.74. The second kappa shape index (κ2) is 4.41. The lowest BCUT2D eigenvalue weighted by molar-refractivity contribution is -0.156. The summed E-state index contributed by atoms with van der Waals surface area (Å²) < 4.78 is 0. The molecule has 0 aromatic carbocycles. The van der Waals surface area contributed by atoms with E-state index in [4.69, 9.17) is 5.11 Å². The third kappa shape index (κ3) is 2.45. The van der Waals surface area contributed by atoms with E-state index in [2.05, 4.69) is 4.90 Å². The highest BCUT2D eigenvalue weighted by Crippen LogP contribution is 2.09. The summed E-state index contributed by atoms with van der Waals surface area (Å²) in [5, 5.41) is 8.60. The summed E-state index contributed by atoms with van der Waals surface area (Å²) in [5.41, 5.74) is 0. The van der Waals surface area contributed by atoms with E-state index in [1.807, 2.05) is 14.0 Å². The number of aliphatic carboxylic acids is 1. The normalized spacial score (nSPS) is 24.4. The average molecular weight is 200 g/mol. The molecule has 1 rings (SSSR count). The summed E-state index contributed by atoms with van der Waals surface area (Å²) in [5.74, 6) is -2.14. The Morgan fingerprint density at radius 3 is 2.50 bits per heavy atom. The predicted molar refractivity (Wildman–Crippen MR) is 50.9 cm³/mol. The van der Waals surface area contributed by atoms with Gasteiger partial charge in [-0.25, -0.2) is 4.79 Å². The van der Waals surface area contributed by atoms with Crippen LogP contribution < -0.4 is 0 Å². The number of hydrogen-bond donors (Lipinski definition) is 1. The number of carbonyl (C=O) groups is 2. The highest BCUT2D eigenvalue weighted by molar-refractivity contribution is 6.31. The Morgan fingerprint density at radius 1 is 1.29 bits per heavy atom. The Kier molecular flexibility index (Phi) is 3.46. The molecule has 1 unspecified atom stereocenters. The average Bonchev–Trinajstić information content (AvgIpc) is 2.28. The molecule has 0 spiro atoms. The van der Waals surface area contributed by atoms with Crippen LogP contribution in [0.4, 0.5) is 0 Å². The van der Waals surface area contributed by atoms with Gasteiger partial charge in [0.2, 0.25) is 0 Å². The molecule has 1 saturated heterocycles. The van der Waals surface area contributed by atoms with Crippen molar-refractivity contribution >= 4 is 11.9 Å². The van der Waals surface area contributed by atoms with Crippen LogP contribution in [0, 0.1) is 0 Å². The molecule has 1 aliphatic heterocycles. The fourth-order valence-electron chi connectivity index (χ4n) is 1.60. The van der Waals surface area contributed by atoms with Crippen LogP contribution in [0.25, 0.3) is 0 Å². The Bertz CT molecular complexity index is 242. The van der Waals surface area contributed by atoms with Gasteiger partial charge in [-0.2, -0.15) is 0 Å². The lowest BCUT2D eigenvalue weighted by Gasteiger charge is -2.24. The van der Waals surface area contributed by atoms with Crippen LogP contribution in [0.5, 0.6) is 0 Å². The summed E-state index contributed by atoms with van der Waals surface area (Å²) in [6.45, 7) is 4.04. The maximum Gasteiger partial charge on any atom is 0.394 e. The highest BCUT2D eigenvalue weighted by atomic mass is 16.4. The van der Waals surface area contributed by atoms with Crippen molar-refractivity contribution in [2.75, 3.05) is 26.7 Å². The van der Waals surface area contributed by atoms with Crippen molar-refractivity contribution in [3.8, 4) is 0 Å². The van der Waals surface area contributed by atoms with Gasteiger partial charge in [0.15, 0.2) is 0 Å². The molecule has 0 aromatic rings. The molecule has 0 radical (unpaired) electrons. The van der Waals surface area contributed by atoms with E-state index in [9.17, 15) is 9.59 Å². The minimum absolute atomic E-state index is 0.0172. The fourth-order valence-corrected chi connectivity index (χ4v) is 1.60. The molecule has 0 aromatic heterocycles. The SMILES string of the molecule is CC1CCN(C)CCN1C(=O)C(=O)O. The van der Waals surface area contributed by atoms with Gasteiger partial charge in [0, 0.05) is 19.1 Å². The van der Waals surface area contributed by atoms with Crippen molar-refractivity contribution in [1.29, 1.82) is 0 Å². The minimum atomic E-state index is -1.36. The first kappa shape index (κ1) is 11.0. The van der Waals surface area contributed by atoms with Gasteiger partial charge >= 0.3 is 11.9 Å². The number of amides is 1. The number of hydrogen-bond acceptors (Lipinski definition) is 3. The molecule has 1 atom stereocenters. The number of carboxylic acid groups (broad SMARTS) is 1. The van der Waals surface area contributed by atoms with Crippen LogP contribution >= 0.6 is 0 Å². The lowest BCUT2D eigenvalue weighted by atomic mass is 10.2. The van der Waals surface area contributed by atoms with E-state index < -0.39 is 11.9 Å². The summed E-state index contributed by atoms with van der Waals surface area (Å²) >= 11 is 0. The summed E-state index contributed by atoms with van der Waals surface area (Å²) in [6, 6.07) is 0.0172. The van der Waals surface area contributed by atoms with Crippen molar-refractivity contribution in [3.05, 3.63) is 0 Å². The first-order valence-corrected chi connectivity index (χ1v) is 4.75. The van der Waals surface area contributed by atoms with Crippen molar-refractivity contribution in [3.63, 3.8) is 0 Å². The van der Waals surface area contributed by atoms with E-state index in [0.29, 0.717) is 6.54 Å². The molecule has 5 heteroatoms. The number of nitrogens with zero attached hydrogens (tertiary/aromatic N) is 2. The summed E-state index contributed by atoms with van der Waals surface area (Å²) in [4.78, 5) is 25.3. The van der Waals surface area contributed by atoms with Crippen LogP contribution in [0.3, 0.4) is 0 Å². The van der Waals surface area contributed by atoms with Crippen LogP contribution in [-0.4, -0.2) is 59.5 Å². The van der Waals surface area contributed by atoms with Crippen LogP contribution in [0.1, 0.15) is 13.3 Å². The molecule has 14 heavy (non-hydrogen) atoms. The summed E-state index contributed by atoms with van der Waals surface area (Å²) in [7, 11) is 1.97. The highest BCUT2D eigenvalue weighted by Gasteiger charge is 2.27. The Labute approximate surface area is 83.3 Å². The number of carboxylic acids is 1. The van der Waals surface area contributed by atoms with E-state index >= 15 is 0 Å². The van der Waals surface area contributed by atoms with Gasteiger partial charge in [0.05, 0.1) is 0 Å². The van der Waals surface area contributed by atoms with Crippen molar-refractivity contribution < 1.29 is 14.7 Å². The molecule has 1 aliphatic rings. The monoisotopic (exact) mass is 200 g/mol. The van der Waals surface area contributed by atoms with Crippen molar-refractivity contribution in [1.82, 2.24) is 9.80 Å². The largest absolute Gasteiger partial charge is 0.474 e. The minimum Gasteiger partial charge on any atom is -0.474 e. The Hall–Kier alpha value is -1.10. The van der Waals surface area contributed by atoms with Crippen LogP contribution in [-0.2, 0) is 9.59 Å². The van der Waals surface area contributed by atoms with Gasteiger partial charge in [-0.1, -0.05) is 0 Å². The van der Waals surface area contributed by atoms with Crippen LogP contribution in [0.15, 0.2) is 0 Å². The number of rotatable bonds is 0. The zero-order chi connectivity index (χ0) is 10.7. The smallest absolute Gasteiger partial charge is 0.394 e. The zero-order valence-electron chi connectivity index (χ0n) is 8.56. The van der Waals surface area contributed by atoms with Crippen LogP contribution in [0.2, 0.25) is 0 Å². The van der Waals surface area contributed by atoms with Gasteiger partial charge in [-0.05, 0) is 26.9 Å². The summed E-state index contributed by atoms with van der Waals surface area (Å²) in [6.07, 6.45) is 0.829. The van der Waals surface area contributed by atoms with Gasteiger partial charge in [0.1, 0.15) is 0 Å². The van der Waals surface area contributed by atoms with E-state index in [0.717, 1.165) is 19.5 Å². The van der Waals surface area contributed by atoms with E-state index in [1.165, 1.54) is 4.90 Å². The number of likely N-dealkylation sites (N-methyl/N-ethyl adjacent to an activating group) is 1. The topological polar surface area (TPSA) is 60.9 Å². The molecule has 1 heterocycles. The van der Waals surface area contributed by atoms with E-state index in [1.54, 1.807) is 0 Å². The third-order valence-electron chi connectivity index (χ3n) is 2.63. The zero-order valence-corrected chi connectivity index (χ0v) is 8.56. The molecule has 0 bridgehead atoms. The maximum absolute atomic E-state index is 11.3. The quantitative estimate of drug-likeness (QED) is 0.542. The van der Waals surface area contributed by atoms with Crippen molar-refractivity contribution in [2.45, 2.75) is 19.4 Å². The molecular weight excluding hydrogens is 184 g/mol. The van der Waals surface area contributed by atoms with Gasteiger partial charge < -0.3 is 14.9 Å². The number of carbonyl (C=O) groups excluding carboxylic acids is 1. The molecular formula is C9H16N2O3. The van der Waals surface area contributed by atoms with Gasteiger partial charge in [0.25, 0.3) is 0 Å². The van der Waals surface area contributed by atoms with Gasteiger partial charge in [-0.3, -0.25) is 4.79 Å². The van der Waals surface area contributed by atoms with E-state index in [-0.39, 0.29) is 6.04 Å². The molecule has 1 N–H and O–H groups in total. The Morgan fingerprint density at radius 2 is 1.93 bits per heavy atom. The standard InChI is InChI=1S/C9H16N2O3/c1-7-3-4-10(2)5-6-11(7)8(12)9(13)14/h7H,3-6H2,1-2H3,(H,13,14). The first-order valence-electron chi connectivity index (χ1n) is 4.75. The lowest BCUT2D eigenvalue weighted by Crippen LogP contribution is -2.43. The maximum atomic E-state index is 11.3. The third-order valence-corrected chi connectivity index (χ3v) is 2.63. The molecule has 0 saturated carbocycles. The van der Waals surface area contributed by atoms with Crippen molar-refractivity contribution in [2.24, 2.45) is 0 Å². The molecule has 1 fully saturated rings. The molecule has 0 aliphatic carbocycles. The molecule has 5 nitrogen and oxygen atoms in total. The fraction of sp³-hybridized carbons (Fsp3) is 0.778. The predicted octanol–water partition coefficient (Wildman–Crippen LogP) is -0.376. The Balaban J connectivity index is 2.67.